The minimum absolute atomic E-state index is 0.0322. The van der Waals surface area contributed by atoms with E-state index in [0.29, 0.717) is 0 Å². The van der Waals surface area contributed by atoms with Gasteiger partial charge in [-0.1, -0.05) is 12.8 Å². The quantitative estimate of drug-likeness (QED) is 0.715. The van der Waals surface area contributed by atoms with Gasteiger partial charge in [0.15, 0.2) is 5.82 Å². The number of benzene rings is 1. The van der Waals surface area contributed by atoms with E-state index in [9.17, 15) is 8.78 Å². The largest absolute Gasteiger partial charge is 0.386 e. The Kier molecular flexibility index (Phi) is 3.08. The van der Waals surface area contributed by atoms with Gasteiger partial charge in [-0.3, -0.25) is 0 Å². The number of hydrogen-bond donors (Lipinski definition) is 1. The van der Waals surface area contributed by atoms with Crippen molar-refractivity contribution in [3.8, 4) is 12.3 Å². The number of terminal acetylenes is 1. The van der Waals surface area contributed by atoms with Crippen LogP contribution in [0.5, 0.6) is 0 Å². The molecule has 0 aliphatic rings. The summed E-state index contributed by atoms with van der Waals surface area (Å²) >= 11 is 0. The third-order valence-corrected chi connectivity index (χ3v) is 2.07. The molecule has 0 atom stereocenters. The molecular formula is C11H11F2N. The molecule has 0 radical (unpaired) electrons. The average Bonchev–Trinajstić information content (AvgIpc) is 2.19. The van der Waals surface area contributed by atoms with E-state index >= 15 is 0 Å². The standard InChI is InChI=1S/C11H11F2N/c1-4-7-6-9(14-3)11(13)8(5-2)10(7)12/h1,6,14H,5H2,2-3H3. The van der Waals surface area contributed by atoms with Gasteiger partial charge in [0.25, 0.3) is 0 Å². The van der Waals surface area contributed by atoms with Crippen molar-refractivity contribution in [1.29, 1.82) is 0 Å². The summed E-state index contributed by atoms with van der Waals surface area (Å²) in [4.78, 5) is 0. The van der Waals surface area contributed by atoms with Crippen molar-refractivity contribution in [1.82, 2.24) is 0 Å². The van der Waals surface area contributed by atoms with Crippen LogP contribution in [0.25, 0.3) is 0 Å². The molecule has 14 heavy (non-hydrogen) atoms. The topological polar surface area (TPSA) is 12.0 Å². The number of halogens is 2. The van der Waals surface area contributed by atoms with E-state index in [1.54, 1.807) is 14.0 Å². The van der Waals surface area contributed by atoms with Gasteiger partial charge in [-0.2, -0.15) is 0 Å². The first kappa shape index (κ1) is 10.5. The fourth-order valence-electron chi connectivity index (χ4n) is 1.29. The Balaban J connectivity index is 3.49. The molecule has 0 amide bonds. The first-order valence-corrected chi connectivity index (χ1v) is 4.30. The summed E-state index contributed by atoms with van der Waals surface area (Å²) in [5.41, 5.74) is 0.355. The number of anilines is 1. The van der Waals surface area contributed by atoms with Gasteiger partial charge in [0.2, 0.25) is 0 Å². The normalized spacial score (nSPS) is 9.64. The molecule has 0 heterocycles. The van der Waals surface area contributed by atoms with Gasteiger partial charge in [-0.25, -0.2) is 8.78 Å². The number of rotatable bonds is 2. The molecule has 74 valence electrons. The zero-order valence-corrected chi connectivity index (χ0v) is 8.12. The van der Waals surface area contributed by atoms with Crippen molar-refractivity contribution < 1.29 is 8.78 Å². The highest BCUT2D eigenvalue weighted by atomic mass is 19.1. The summed E-state index contributed by atoms with van der Waals surface area (Å²) < 4.78 is 26.9. The molecule has 1 N–H and O–H groups in total. The average molecular weight is 195 g/mol. The van der Waals surface area contributed by atoms with Crippen LogP contribution in [0.2, 0.25) is 0 Å². The molecule has 3 heteroatoms. The van der Waals surface area contributed by atoms with E-state index < -0.39 is 11.6 Å². The SMILES string of the molecule is C#Cc1cc(NC)c(F)c(CC)c1F. The van der Waals surface area contributed by atoms with Crippen molar-refractivity contribution in [2.24, 2.45) is 0 Å². The smallest absolute Gasteiger partial charge is 0.152 e. The van der Waals surface area contributed by atoms with E-state index in [-0.39, 0.29) is 23.2 Å². The molecule has 0 spiro atoms. The molecule has 1 rings (SSSR count). The fourth-order valence-corrected chi connectivity index (χ4v) is 1.29. The Hall–Kier alpha value is -1.56. The first-order chi connectivity index (χ1) is 6.65. The Morgan fingerprint density at radius 3 is 2.50 bits per heavy atom. The van der Waals surface area contributed by atoms with E-state index in [0.717, 1.165) is 0 Å². The second-order valence-corrected chi connectivity index (χ2v) is 2.83. The van der Waals surface area contributed by atoms with Crippen LogP contribution in [-0.4, -0.2) is 7.05 Å². The molecule has 0 aromatic heterocycles. The molecule has 0 bridgehead atoms. The summed E-state index contributed by atoms with van der Waals surface area (Å²) in [5.74, 6) is 0.994. The van der Waals surface area contributed by atoms with E-state index in [4.69, 9.17) is 6.42 Å². The minimum Gasteiger partial charge on any atom is -0.386 e. The number of nitrogens with one attached hydrogen (secondary N) is 1. The van der Waals surface area contributed by atoms with Gasteiger partial charge in [-0.15, -0.1) is 6.42 Å². The summed E-state index contributed by atoms with van der Waals surface area (Å²) in [6.07, 6.45) is 5.39. The Morgan fingerprint density at radius 1 is 1.43 bits per heavy atom. The van der Waals surface area contributed by atoms with Gasteiger partial charge < -0.3 is 5.32 Å². The minimum atomic E-state index is -0.633. The summed E-state index contributed by atoms with van der Waals surface area (Å²) in [5, 5.41) is 2.63. The zero-order chi connectivity index (χ0) is 10.7. The molecule has 1 aromatic carbocycles. The van der Waals surface area contributed by atoms with Gasteiger partial charge in [0, 0.05) is 12.6 Å². The zero-order valence-electron chi connectivity index (χ0n) is 8.12. The molecule has 1 aromatic rings. The molecule has 0 aliphatic heterocycles. The van der Waals surface area contributed by atoms with E-state index in [1.807, 2.05) is 0 Å². The van der Waals surface area contributed by atoms with Gasteiger partial charge >= 0.3 is 0 Å². The molecule has 1 nitrogen and oxygen atoms in total. The van der Waals surface area contributed by atoms with Crippen molar-refractivity contribution in [3.05, 3.63) is 28.8 Å². The van der Waals surface area contributed by atoms with Crippen LogP contribution in [0, 0.1) is 24.0 Å². The van der Waals surface area contributed by atoms with Gasteiger partial charge in [0.1, 0.15) is 5.82 Å². The van der Waals surface area contributed by atoms with Crippen LogP contribution in [0.3, 0.4) is 0 Å². The monoisotopic (exact) mass is 195 g/mol. The van der Waals surface area contributed by atoms with Crippen molar-refractivity contribution in [3.63, 3.8) is 0 Å². The lowest BCUT2D eigenvalue weighted by Gasteiger charge is -2.09. The third-order valence-electron chi connectivity index (χ3n) is 2.07. The summed E-state index contributed by atoms with van der Waals surface area (Å²) in [6.45, 7) is 1.68. The van der Waals surface area contributed by atoms with Gasteiger partial charge in [-0.05, 0) is 12.5 Å². The lowest BCUT2D eigenvalue weighted by Crippen LogP contribution is -2.02. The van der Waals surface area contributed by atoms with E-state index in [1.165, 1.54) is 6.07 Å². The molecule has 0 unspecified atom stereocenters. The maximum Gasteiger partial charge on any atom is 0.152 e. The molecule has 0 fully saturated rings. The first-order valence-electron chi connectivity index (χ1n) is 4.30. The molecule has 0 saturated heterocycles. The van der Waals surface area contributed by atoms with Crippen LogP contribution >= 0.6 is 0 Å². The predicted octanol–water partition coefficient (Wildman–Crippen LogP) is 2.55. The Labute approximate surface area is 82.1 Å². The third kappa shape index (κ3) is 1.56. The highest BCUT2D eigenvalue weighted by Crippen LogP contribution is 2.24. The second-order valence-electron chi connectivity index (χ2n) is 2.83. The van der Waals surface area contributed by atoms with Crippen LogP contribution in [0.1, 0.15) is 18.1 Å². The van der Waals surface area contributed by atoms with Crippen LogP contribution in [-0.2, 0) is 6.42 Å². The summed E-state index contributed by atoms with van der Waals surface area (Å²) in [6, 6.07) is 1.30. The lowest BCUT2D eigenvalue weighted by molar-refractivity contribution is 0.559. The molecule has 0 aliphatic carbocycles. The second kappa shape index (κ2) is 4.10. The molecular weight excluding hydrogens is 184 g/mol. The highest BCUT2D eigenvalue weighted by Gasteiger charge is 2.15. The van der Waals surface area contributed by atoms with Crippen molar-refractivity contribution in [2.75, 3.05) is 12.4 Å². The van der Waals surface area contributed by atoms with Crippen LogP contribution in [0.4, 0.5) is 14.5 Å². The maximum atomic E-state index is 13.5. The maximum absolute atomic E-state index is 13.5. The predicted molar refractivity (Wildman–Crippen MR) is 53.2 cm³/mol. The lowest BCUT2D eigenvalue weighted by atomic mass is 10.1. The Bertz CT molecular complexity index is 391. The van der Waals surface area contributed by atoms with Crippen molar-refractivity contribution >= 4 is 5.69 Å². The van der Waals surface area contributed by atoms with Crippen LogP contribution < -0.4 is 5.32 Å². The van der Waals surface area contributed by atoms with Gasteiger partial charge in [0.05, 0.1) is 11.3 Å². The highest BCUT2D eigenvalue weighted by molar-refractivity contribution is 5.54. The van der Waals surface area contributed by atoms with Crippen LogP contribution in [0.15, 0.2) is 6.07 Å². The van der Waals surface area contributed by atoms with Crippen molar-refractivity contribution in [2.45, 2.75) is 13.3 Å². The fraction of sp³-hybridized carbons (Fsp3) is 0.273. The molecule has 0 saturated carbocycles. The summed E-state index contributed by atoms with van der Waals surface area (Å²) in [7, 11) is 1.57. The number of hydrogen-bond acceptors (Lipinski definition) is 1. The van der Waals surface area contributed by atoms with E-state index in [2.05, 4.69) is 11.2 Å². The Morgan fingerprint density at radius 2 is 2.07 bits per heavy atom.